The number of para-hydroxylation sites is 1. The number of nitrogen functional groups attached to an aromatic ring is 1. The molecular formula is C18H19Cl2N6O2-. The molecule has 0 radical (unpaired) electrons. The molecule has 148 valence electrons. The van der Waals surface area contributed by atoms with Gasteiger partial charge in [0.2, 0.25) is 0 Å². The maximum absolute atomic E-state index is 6.20. The van der Waals surface area contributed by atoms with E-state index in [1.807, 2.05) is 42.5 Å². The van der Waals surface area contributed by atoms with Crippen molar-refractivity contribution in [3.63, 3.8) is 0 Å². The number of hydrogen-bond donors (Lipinski definition) is 2. The topological polar surface area (TPSA) is 99.6 Å². The second-order valence-electron chi connectivity index (χ2n) is 5.57. The summed E-state index contributed by atoms with van der Waals surface area (Å²) in [5.41, 5.74) is 4.34. The molecule has 0 atom stereocenters. The number of aryl methyl sites for hydroxylation is 1. The molecule has 1 aromatic heterocycles. The fourth-order valence-electron chi connectivity index (χ4n) is 2.32. The number of aromatic nitrogens is 3. The van der Waals surface area contributed by atoms with Crippen LogP contribution in [0.1, 0.15) is 17.0 Å². The highest BCUT2D eigenvalue weighted by Crippen LogP contribution is 2.31. The maximum atomic E-state index is 6.20. The van der Waals surface area contributed by atoms with Crippen molar-refractivity contribution in [2.75, 3.05) is 18.4 Å². The summed E-state index contributed by atoms with van der Waals surface area (Å²) in [6.45, 7) is 2.04. The van der Waals surface area contributed by atoms with Gasteiger partial charge in [0.05, 0.1) is 13.3 Å². The van der Waals surface area contributed by atoms with Crippen molar-refractivity contribution in [1.82, 2.24) is 14.9 Å². The quantitative estimate of drug-likeness (QED) is 0.316. The fraction of sp³-hybridized carbons (Fsp3) is 0.167. The number of nitrogens with two attached hydrogens (primary N) is 1. The second kappa shape index (κ2) is 9.82. The van der Waals surface area contributed by atoms with E-state index < -0.39 is 0 Å². The third-order valence-corrected chi connectivity index (χ3v) is 4.16. The summed E-state index contributed by atoms with van der Waals surface area (Å²) < 4.78 is 12.7. The lowest BCUT2D eigenvalue weighted by Gasteiger charge is -2.13. The number of hydrazone groups is 1. The predicted molar refractivity (Wildman–Crippen MR) is 105 cm³/mol. The van der Waals surface area contributed by atoms with Gasteiger partial charge >= 0.3 is 0 Å². The highest BCUT2D eigenvalue weighted by Gasteiger charge is 2.11. The van der Waals surface area contributed by atoms with Crippen LogP contribution in [0, 0.1) is 6.92 Å². The lowest BCUT2D eigenvalue weighted by molar-refractivity contribution is -0.00000613. The molecule has 0 spiro atoms. The number of methoxy groups -OCH3 is 1. The van der Waals surface area contributed by atoms with Gasteiger partial charge in [-0.05, 0) is 25.1 Å². The average Bonchev–Trinajstić information content (AvgIpc) is 3.00. The third kappa shape index (κ3) is 4.85. The van der Waals surface area contributed by atoms with Crippen LogP contribution in [-0.4, -0.2) is 28.2 Å². The Morgan fingerprint density at radius 3 is 2.68 bits per heavy atom. The van der Waals surface area contributed by atoms with Crippen molar-refractivity contribution >= 4 is 23.8 Å². The van der Waals surface area contributed by atoms with Crippen LogP contribution in [0.25, 0.3) is 0 Å². The van der Waals surface area contributed by atoms with Gasteiger partial charge in [-0.25, -0.2) is 10.1 Å². The first kappa shape index (κ1) is 21.3. The number of ether oxygens (including phenoxy) is 2. The highest BCUT2D eigenvalue weighted by molar-refractivity contribution is 6.31. The summed E-state index contributed by atoms with van der Waals surface area (Å²) in [4.78, 5) is 0. The van der Waals surface area contributed by atoms with Gasteiger partial charge < -0.3 is 27.7 Å². The second-order valence-corrected chi connectivity index (χ2v) is 5.98. The van der Waals surface area contributed by atoms with E-state index in [0.717, 1.165) is 5.56 Å². The molecular weight excluding hydrogens is 403 g/mol. The fourth-order valence-corrected chi connectivity index (χ4v) is 2.51. The normalized spacial score (nSPS) is 10.5. The number of rotatable bonds is 7. The smallest absolute Gasteiger partial charge is 0.263 e. The van der Waals surface area contributed by atoms with Gasteiger partial charge in [0.15, 0.2) is 17.3 Å². The number of benzene rings is 2. The van der Waals surface area contributed by atoms with Gasteiger partial charge in [-0.1, -0.05) is 35.9 Å². The van der Waals surface area contributed by atoms with Crippen molar-refractivity contribution in [1.29, 1.82) is 0 Å². The van der Waals surface area contributed by atoms with E-state index >= 15 is 0 Å². The number of hydrogen-bond acceptors (Lipinski definition) is 7. The van der Waals surface area contributed by atoms with E-state index in [2.05, 4.69) is 20.7 Å². The molecule has 28 heavy (non-hydrogen) atoms. The van der Waals surface area contributed by atoms with Gasteiger partial charge in [0, 0.05) is 16.1 Å². The van der Waals surface area contributed by atoms with E-state index in [1.54, 1.807) is 20.2 Å². The van der Waals surface area contributed by atoms with Crippen molar-refractivity contribution in [2.24, 2.45) is 5.10 Å². The monoisotopic (exact) mass is 421 g/mol. The van der Waals surface area contributed by atoms with Crippen LogP contribution in [0.4, 0.5) is 5.95 Å². The molecule has 3 aromatic rings. The Labute approximate surface area is 173 Å². The molecule has 2 aromatic carbocycles. The Morgan fingerprint density at radius 1 is 1.21 bits per heavy atom. The molecule has 0 unspecified atom stereocenters. The van der Waals surface area contributed by atoms with Gasteiger partial charge in [-0.3, -0.25) is 0 Å². The van der Waals surface area contributed by atoms with Crippen LogP contribution in [0.3, 0.4) is 0 Å². The average molecular weight is 422 g/mol. The van der Waals surface area contributed by atoms with Crippen molar-refractivity contribution < 1.29 is 21.9 Å². The predicted octanol–water partition coefficient (Wildman–Crippen LogP) is -0.00868. The SMILES string of the molecule is COc1cccc(C=NNc2nnc(C)n2N)c1OCc1ccccc1Cl.[Cl-]. The molecule has 3 N–H and O–H groups in total. The minimum absolute atomic E-state index is 0. The Hall–Kier alpha value is -2.97. The number of nitrogens with zero attached hydrogens (tertiary/aromatic N) is 4. The van der Waals surface area contributed by atoms with E-state index in [4.69, 9.17) is 26.9 Å². The summed E-state index contributed by atoms with van der Waals surface area (Å²) in [6, 6.07) is 13.0. The molecule has 8 nitrogen and oxygen atoms in total. The maximum Gasteiger partial charge on any atom is 0.263 e. The Balaban J connectivity index is 0.00000280. The van der Waals surface area contributed by atoms with Gasteiger partial charge in [0.1, 0.15) is 6.61 Å². The molecule has 0 aliphatic carbocycles. The molecule has 0 amide bonds. The van der Waals surface area contributed by atoms with Crippen LogP contribution in [0.5, 0.6) is 11.5 Å². The zero-order chi connectivity index (χ0) is 19.2. The van der Waals surface area contributed by atoms with Crippen LogP contribution < -0.4 is 33.1 Å². The minimum atomic E-state index is 0. The van der Waals surface area contributed by atoms with Gasteiger partial charge in [0.25, 0.3) is 5.95 Å². The molecule has 3 rings (SSSR count). The first-order valence-corrected chi connectivity index (χ1v) is 8.47. The zero-order valence-electron chi connectivity index (χ0n) is 15.3. The van der Waals surface area contributed by atoms with Crippen molar-refractivity contribution in [2.45, 2.75) is 13.5 Å². The molecule has 0 saturated heterocycles. The van der Waals surface area contributed by atoms with Gasteiger partial charge in [-0.15, -0.1) is 10.2 Å². The van der Waals surface area contributed by atoms with Crippen LogP contribution in [-0.2, 0) is 6.61 Å². The number of nitrogens with one attached hydrogen (secondary N) is 1. The summed E-state index contributed by atoms with van der Waals surface area (Å²) in [5.74, 6) is 7.81. The summed E-state index contributed by atoms with van der Waals surface area (Å²) >= 11 is 6.20. The standard InChI is InChI=1S/C18H19ClN6O2.ClH/c1-12-22-24-18(25(12)20)23-21-10-13-7-5-9-16(26-2)17(13)27-11-14-6-3-4-8-15(14)19;/h3-10H,11,20H2,1-2H3,(H,23,24);1H/p-1. The summed E-state index contributed by atoms with van der Waals surface area (Å²) in [6.07, 6.45) is 1.59. The van der Waals surface area contributed by atoms with Crippen LogP contribution in [0.15, 0.2) is 47.6 Å². The lowest BCUT2D eigenvalue weighted by atomic mass is 10.2. The Morgan fingerprint density at radius 2 is 2.00 bits per heavy atom. The molecule has 10 heteroatoms. The first-order valence-electron chi connectivity index (χ1n) is 8.09. The molecule has 0 aliphatic rings. The summed E-state index contributed by atoms with van der Waals surface area (Å²) in [7, 11) is 1.58. The lowest BCUT2D eigenvalue weighted by Crippen LogP contribution is -3.00. The highest BCUT2D eigenvalue weighted by atomic mass is 35.5. The number of anilines is 1. The molecule has 0 saturated carbocycles. The van der Waals surface area contributed by atoms with Gasteiger partial charge in [-0.2, -0.15) is 5.10 Å². The zero-order valence-corrected chi connectivity index (χ0v) is 16.8. The van der Waals surface area contributed by atoms with E-state index in [-0.39, 0.29) is 12.4 Å². The van der Waals surface area contributed by atoms with E-state index in [9.17, 15) is 0 Å². The van der Waals surface area contributed by atoms with Crippen LogP contribution >= 0.6 is 11.6 Å². The first-order chi connectivity index (χ1) is 13.1. The largest absolute Gasteiger partial charge is 1.00 e. The molecule has 1 heterocycles. The molecule has 0 bridgehead atoms. The Bertz CT molecular complexity index is 961. The van der Waals surface area contributed by atoms with Crippen molar-refractivity contribution in [3.8, 4) is 11.5 Å². The molecule has 0 fully saturated rings. The minimum Gasteiger partial charge on any atom is -1.00 e. The van der Waals surface area contributed by atoms with E-state index in [0.29, 0.717) is 40.5 Å². The Kier molecular flexibility index (Phi) is 7.48. The number of halogens is 2. The molecule has 0 aliphatic heterocycles. The van der Waals surface area contributed by atoms with E-state index in [1.165, 1.54) is 4.68 Å². The summed E-state index contributed by atoms with van der Waals surface area (Å²) in [5, 5.41) is 12.5. The van der Waals surface area contributed by atoms with Crippen LogP contribution in [0.2, 0.25) is 5.02 Å². The third-order valence-electron chi connectivity index (χ3n) is 3.79. The van der Waals surface area contributed by atoms with Crippen molar-refractivity contribution in [3.05, 3.63) is 64.4 Å².